The van der Waals surface area contributed by atoms with Crippen LogP contribution in [0.15, 0.2) is 24.8 Å². The number of hydrogen-bond donors (Lipinski definition) is 3. The molecule has 1 unspecified atom stereocenters. The number of carbonyl (C=O) groups is 1. The van der Waals surface area contributed by atoms with Gasteiger partial charge in [0.1, 0.15) is 11.4 Å². The van der Waals surface area contributed by atoms with Crippen LogP contribution in [0.5, 0.6) is 0 Å². The Bertz CT molecular complexity index is 1230. The predicted octanol–water partition coefficient (Wildman–Crippen LogP) is 3.77. The second-order valence-electron chi connectivity index (χ2n) is 9.77. The summed E-state index contributed by atoms with van der Waals surface area (Å²) in [7, 11) is 0. The summed E-state index contributed by atoms with van der Waals surface area (Å²) in [5, 5.41) is 19.8. The number of hydrogen-bond acceptors (Lipinski definition) is 5. The standard InChI is InChI=1S/C22H26F3N7O2/c1-13(2)7-14-8-27-17-10-26-16(11-31(14)17)18-15(9-28-30-18)29-19(33)32-6-5-21(34,22(23,24)25)12-20(32)3-4-20/h8-11,13,34H,3-7,12H2,1-2H3,(H,28,30)(H,29,33). The molecule has 9 nitrogen and oxygen atoms in total. The molecule has 5 rings (SSSR count). The molecule has 0 bridgehead atoms. The van der Waals surface area contributed by atoms with Crippen LogP contribution in [0.25, 0.3) is 17.0 Å². The highest BCUT2D eigenvalue weighted by atomic mass is 19.4. The molecule has 0 aromatic carbocycles. The first-order valence-corrected chi connectivity index (χ1v) is 11.2. The number of halogens is 3. The lowest BCUT2D eigenvalue weighted by molar-refractivity contribution is -0.277. The molecule has 1 saturated heterocycles. The number of fused-ring (bicyclic) bond motifs is 1. The van der Waals surface area contributed by atoms with E-state index in [1.807, 2.05) is 16.8 Å². The van der Waals surface area contributed by atoms with Crippen molar-refractivity contribution in [1.82, 2.24) is 29.5 Å². The van der Waals surface area contributed by atoms with Crippen molar-refractivity contribution in [1.29, 1.82) is 0 Å². The SMILES string of the molecule is CC(C)Cc1cnc2cnc(-c3[nH]ncc3NC(=O)N3CCC(O)(C(F)(F)F)CC34CC4)cn12. The first-order chi connectivity index (χ1) is 16.0. The van der Waals surface area contributed by atoms with Crippen LogP contribution in [-0.2, 0) is 6.42 Å². The van der Waals surface area contributed by atoms with E-state index in [-0.39, 0.29) is 6.54 Å². The topological polar surface area (TPSA) is 111 Å². The number of amides is 2. The van der Waals surface area contributed by atoms with Gasteiger partial charge in [-0.25, -0.2) is 14.8 Å². The average Bonchev–Trinajstić information content (AvgIpc) is 3.17. The fourth-order valence-corrected chi connectivity index (χ4v) is 4.81. The Kier molecular flexibility index (Phi) is 5.12. The zero-order valence-corrected chi connectivity index (χ0v) is 18.9. The van der Waals surface area contributed by atoms with Gasteiger partial charge in [-0.15, -0.1) is 0 Å². The van der Waals surface area contributed by atoms with Gasteiger partial charge < -0.3 is 19.7 Å². The molecule has 1 aliphatic carbocycles. The molecule has 2 aliphatic rings. The Labute approximate surface area is 193 Å². The average molecular weight is 477 g/mol. The van der Waals surface area contributed by atoms with Gasteiger partial charge in [0.05, 0.1) is 18.1 Å². The van der Waals surface area contributed by atoms with Gasteiger partial charge in [-0.05, 0) is 25.2 Å². The first kappa shape index (κ1) is 22.6. The molecule has 3 N–H and O–H groups in total. The Morgan fingerprint density at radius 2 is 2.00 bits per heavy atom. The summed E-state index contributed by atoms with van der Waals surface area (Å²) in [6.07, 6.45) is 2.59. The van der Waals surface area contributed by atoms with Gasteiger partial charge >= 0.3 is 12.2 Å². The Morgan fingerprint density at radius 1 is 1.24 bits per heavy atom. The van der Waals surface area contributed by atoms with Crippen LogP contribution >= 0.6 is 0 Å². The lowest BCUT2D eigenvalue weighted by atomic mass is 9.84. The molecule has 0 radical (unpaired) electrons. The van der Waals surface area contributed by atoms with Crippen molar-refractivity contribution in [2.45, 2.75) is 63.3 Å². The number of aliphatic hydroxyl groups is 1. The van der Waals surface area contributed by atoms with E-state index in [0.29, 0.717) is 41.5 Å². The van der Waals surface area contributed by atoms with Gasteiger partial charge in [-0.3, -0.25) is 5.10 Å². The number of rotatable bonds is 4. The summed E-state index contributed by atoms with van der Waals surface area (Å²) in [5.41, 5.74) is -0.627. The van der Waals surface area contributed by atoms with Crippen molar-refractivity contribution in [2.24, 2.45) is 5.92 Å². The Hall–Kier alpha value is -3.15. The molecule has 4 heterocycles. The fourth-order valence-electron chi connectivity index (χ4n) is 4.81. The number of nitrogens with one attached hydrogen (secondary N) is 2. The van der Waals surface area contributed by atoms with Gasteiger partial charge in [0.2, 0.25) is 0 Å². The molecule has 3 aromatic rings. The Morgan fingerprint density at radius 3 is 2.68 bits per heavy atom. The number of anilines is 1. The number of urea groups is 1. The van der Waals surface area contributed by atoms with E-state index in [4.69, 9.17) is 0 Å². The third-order valence-corrected chi connectivity index (χ3v) is 6.77. The van der Waals surface area contributed by atoms with Crippen LogP contribution in [0.2, 0.25) is 0 Å². The molecule has 12 heteroatoms. The molecule has 2 amide bonds. The minimum atomic E-state index is -4.73. The van der Waals surface area contributed by atoms with Gasteiger partial charge in [0.15, 0.2) is 11.2 Å². The number of alkyl halides is 3. The maximum atomic E-state index is 13.4. The number of aromatic amines is 1. The molecule has 34 heavy (non-hydrogen) atoms. The highest BCUT2D eigenvalue weighted by molar-refractivity contribution is 5.93. The number of piperidine rings is 1. The molecule has 1 atom stereocenters. The lowest BCUT2D eigenvalue weighted by Crippen LogP contribution is -2.60. The molecule has 1 spiro atoms. The summed E-state index contributed by atoms with van der Waals surface area (Å²) in [6, 6.07) is -0.520. The van der Waals surface area contributed by atoms with E-state index in [9.17, 15) is 23.1 Å². The maximum absolute atomic E-state index is 13.4. The van der Waals surface area contributed by atoms with Crippen LogP contribution in [-0.4, -0.2) is 64.5 Å². The summed E-state index contributed by atoms with van der Waals surface area (Å²) in [4.78, 5) is 23.3. The fraction of sp³-hybridized carbons (Fsp3) is 0.545. The van der Waals surface area contributed by atoms with Crippen molar-refractivity contribution in [3.8, 4) is 11.4 Å². The Balaban J connectivity index is 1.37. The molecular weight excluding hydrogens is 451 g/mol. The zero-order chi connectivity index (χ0) is 24.3. The smallest absolute Gasteiger partial charge is 0.380 e. The van der Waals surface area contributed by atoms with Crippen molar-refractivity contribution in [2.75, 3.05) is 11.9 Å². The van der Waals surface area contributed by atoms with Crippen molar-refractivity contribution >= 4 is 17.4 Å². The maximum Gasteiger partial charge on any atom is 0.417 e. The van der Waals surface area contributed by atoms with Crippen molar-refractivity contribution in [3.63, 3.8) is 0 Å². The molecule has 182 valence electrons. The normalized spacial score (nSPS) is 22.0. The molecule has 3 aromatic heterocycles. The highest BCUT2D eigenvalue weighted by Gasteiger charge is 2.65. The number of imidazole rings is 1. The summed E-state index contributed by atoms with van der Waals surface area (Å²) in [6.45, 7) is 4.05. The molecule has 1 aliphatic heterocycles. The largest absolute Gasteiger partial charge is 0.417 e. The first-order valence-electron chi connectivity index (χ1n) is 11.2. The molecule has 1 saturated carbocycles. The number of likely N-dealkylation sites (tertiary alicyclic amines) is 1. The lowest BCUT2D eigenvalue weighted by Gasteiger charge is -2.45. The molecular formula is C22H26F3N7O2. The van der Waals surface area contributed by atoms with Crippen LogP contribution < -0.4 is 5.32 Å². The van der Waals surface area contributed by atoms with E-state index < -0.39 is 36.2 Å². The van der Waals surface area contributed by atoms with Crippen molar-refractivity contribution < 1.29 is 23.1 Å². The quantitative estimate of drug-likeness (QED) is 0.530. The van der Waals surface area contributed by atoms with E-state index in [1.54, 1.807) is 6.20 Å². The predicted molar refractivity (Wildman–Crippen MR) is 117 cm³/mol. The van der Waals surface area contributed by atoms with Crippen LogP contribution in [0.3, 0.4) is 0 Å². The summed E-state index contributed by atoms with van der Waals surface area (Å²) < 4.78 is 42.0. The van der Waals surface area contributed by atoms with Crippen LogP contribution in [0.4, 0.5) is 23.7 Å². The van der Waals surface area contributed by atoms with Gasteiger partial charge in [-0.2, -0.15) is 18.3 Å². The monoisotopic (exact) mass is 477 g/mol. The van der Waals surface area contributed by atoms with E-state index in [2.05, 4.69) is 39.3 Å². The molecule has 2 fully saturated rings. The summed E-state index contributed by atoms with van der Waals surface area (Å²) >= 11 is 0. The minimum Gasteiger partial charge on any atom is -0.380 e. The van der Waals surface area contributed by atoms with Crippen LogP contribution in [0, 0.1) is 5.92 Å². The van der Waals surface area contributed by atoms with E-state index in [0.717, 1.165) is 12.1 Å². The third-order valence-electron chi connectivity index (χ3n) is 6.77. The van der Waals surface area contributed by atoms with E-state index in [1.165, 1.54) is 11.1 Å². The van der Waals surface area contributed by atoms with Gasteiger partial charge in [0, 0.05) is 43.0 Å². The minimum absolute atomic E-state index is 0.188. The second kappa shape index (κ2) is 7.69. The van der Waals surface area contributed by atoms with Gasteiger partial charge in [0.25, 0.3) is 0 Å². The zero-order valence-electron chi connectivity index (χ0n) is 18.9. The number of aromatic nitrogens is 5. The summed E-state index contributed by atoms with van der Waals surface area (Å²) in [5.74, 6) is 0.438. The number of nitrogens with zero attached hydrogens (tertiary/aromatic N) is 5. The van der Waals surface area contributed by atoms with Crippen molar-refractivity contribution in [3.05, 3.63) is 30.5 Å². The van der Waals surface area contributed by atoms with Crippen LogP contribution in [0.1, 0.15) is 45.2 Å². The second-order valence-corrected chi connectivity index (χ2v) is 9.77. The third kappa shape index (κ3) is 3.79. The van der Waals surface area contributed by atoms with Gasteiger partial charge in [-0.1, -0.05) is 13.8 Å². The number of carbonyl (C=O) groups excluding carboxylic acids is 1. The number of H-pyrrole nitrogens is 1. The van der Waals surface area contributed by atoms with E-state index >= 15 is 0 Å². The highest BCUT2D eigenvalue weighted by Crippen LogP contribution is 2.55.